The first-order valence-corrected chi connectivity index (χ1v) is 9.68. The van der Waals surface area contributed by atoms with E-state index in [4.69, 9.17) is 0 Å². The molecular formula is C18H18FNOS2. The Morgan fingerprint density at radius 3 is 2.61 bits per heavy atom. The lowest BCUT2D eigenvalue weighted by Gasteiger charge is -2.21. The molecule has 1 N–H and O–H groups in total. The average Bonchev–Trinajstić information content (AvgIpc) is 2.58. The number of benzene rings is 2. The predicted octanol–water partition coefficient (Wildman–Crippen LogP) is 4.88. The molecule has 0 radical (unpaired) electrons. The third-order valence-corrected chi connectivity index (χ3v) is 6.56. The first-order valence-electron chi connectivity index (χ1n) is 7.58. The maximum Gasteiger partial charge on any atom is 0.228 e. The van der Waals surface area contributed by atoms with Crippen molar-refractivity contribution in [3.63, 3.8) is 0 Å². The van der Waals surface area contributed by atoms with Gasteiger partial charge in [-0.25, -0.2) is 4.39 Å². The highest BCUT2D eigenvalue weighted by atomic mass is 32.2. The monoisotopic (exact) mass is 347 g/mol. The normalized spacial score (nSPS) is 15.3. The van der Waals surface area contributed by atoms with Crippen molar-refractivity contribution in [3.05, 3.63) is 65.5 Å². The van der Waals surface area contributed by atoms with Crippen molar-refractivity contribution >= 4 is 35.1 Å². The summed E-state index contributed by atoms with van der Waals surface area (Å²) in [6, 6.07) is 14.1. The standard InChI is InChI=1S/C18H18FNOS2/c19-15-7-5-13(6-8-15)11-17(21)20-16-4-1-3-14(12-16)18-22-9-2-10-23-18/h1,3-8,12,18H,2,9-11H2,(H,20,21). The highest BCUT2D eigenvalue weighted by Crippen LogP contribution is 2.44. The van der Waals surface area contributed by atoms with E-state index in [0.717, 1.165) is 11.3 Å². The van der Waals surface area contributed by atoms with Gasteiger partial charge in [-0.1, -0.05) is 24.3 Å². The van der Waals surface area contributed by atoms with Gasteiger partial charge >= 0.3 is 0 Å². The molecule has 1 saturated heterocycles. The maximum absolute atomic E-state index is 12.9. The number of hydrogen-bond acceptors (Lipinski definition) is 3. The number of amides is 1. The van der Waals surface area contributed by atoms with E-state index in [9.17, 15) is 9.18 Å². The van der Waals surface area contributed by atoms with Crippen molar-refractivity contribution in [1.29, 1.82) is 0 Å². The summed E-state index contributed by atoms with van der Waals surface area (Å²) in [6.45, 7) is 0. The molecule has 1 heterocycles. The van der Waals surface area contributed by atoms with Crippen molar-refractivity contribution < 1.29 is 9.18 Å². The molecule has 1 amide bonds. The van der Waals surface area contributed by atoms with Gasteiger partial charge in [-0.05, 0) is 53.3 Å². The third kappa shape index (κ3) is 4.75. The SMILES string of the molecule is O=C(Cc1ccc(F)cc1)Nc1cccc(C2SCCCS2)c1. The highest BCUT2D eigenvalue weighted by Gasteiger charge is 2.17. The first kappa shape index (κ1) is 16.4. The Balaban J connectivity index is 1.62. The van der Waals surface area contributed by atoms with E-state index in [0.29, 0.717) is 4.58 Å². The summed E-state index contributed by atoms with van der Waals surface area (Å²) in [5.41, 5.74) is 2.87. The molecule has 2 nitrogen and oxygen atoms in total. The maximum atomic E-state index is 12.9. The minimum absolute atomic E-state index is 0.0855. The van der Waals surface area contributed by atoms with Crippen molar-refractivity contribution in [3.8, 4) is 0 Å². The molecule has 2 aromatic rings. The van der Waals surface area contributed by atoms with Crippen molar-refractivity contribution in [2.45, 2.75) is 17.4 Å². The van der Waals surface area contributed by atoms with Gasteiger partial charge in [0, 0.05) is 5.69 Å². The van der Waals surface area contributed by atoms with Crippen LogP contribution in [0, 0.1) is 5.82 Å². The van der Waals surface area contributed by atoms with Gasteiger partial charge in [0.25, 0.3) is 0 Å². The number of halogens is 1. The molecule has 1 aliphatic heterocycles. The first-order chi connectivity index (χ1) is 11.2. The number of carbonyl (C=O) groups is 1. The molecule has 0 bridgehead atoms. The Hall–Kier alpha value is -1.46. The van der Waals surface area contributed by atoms with Crippen molar-refractivity contribution in [1.82, 2.24) is 0 Å². The van der Waals surface area contributed by atoms with Crippen LogP contribution in [0.3, 0.4) is 0 Å². The zero-order valence-electron chi connectivity index (χ0n) is 12.6. The summed E-state index contributed by atoms with van der Waals surface area (Å²) >= 11 is 3.93. The molecule has 5 heteroatoms. The predicted molar refractivity (Wildman–Crippen MR) is 97.4 cm³/mol. The fourth-order valence-corrected chi connectivity index (χ4v) is 5.31. The molecule has 23 heavy (non-hydrogen) atoms. The van der Waals surface area contributed by atoms with Gasteiger partial charge in [0.1, 0.15) is 5.82 Å². The lowest BCUT2D eigenvalue weighted by Crippen LogP contribution is -2.14. The summed E-state index contributed by atoms with van der Waals surface area (Å²) in [4.78, 5) is 12.1. The number of thioether (sulfide) groups is 2. The van der Waals surface area contributed by atoms with E-state index in [1.54, 1.807) is 12.1 Å². The van der Waals surface area contributed by atoms with E-state index in [-0.39, 0.29) is 18.1 Å². The minimum atomic E-state index is -0.288. The Morgan fingerprint density at radius 2 is 1.87 bits per heavy atom. The number of nitrogens with one attached hydrogen (secondary N) is 1. The quantitative estimate of drug-likeness (QED) is 0.855. The summed E-state index contributed by atoms with van der Waals surface area (Å²) in [5.74, 6) is 2.01. The lowest BCUT2D eigenvalue weighted by atomic mass is 10.1. The van der Waals surface area contributed by atoms with E-state index < -0.39 is 0 Å². The van der Waals surface area contributed by atoms with Crippen LogP contribution in [0.15, 0.2) is 48.5 Å². The van der Waals surface area contributed by atoms with Crippen LogP contribution in [0.1, 0.15) is 22.1 Å². The van der Waals surface area contributed by atoms with Crippen LogP contribution in [0.2, 0.25) is 0 Å². The molecule has 0 aromatic heterocycles. The molecule has 1 fully saturated rings. The summed E-state index contributed by atoms with van der Waals surface area (Å²) in [7, 11) is 0. The van der Waals surface area contributed by atoms with Gasteiger partial charge in [-0.2, -0.15) is 0 Å². The molecule has 0 saturated carbocycles. The lowest BCUT2D eigenvalue weighted by molar-refractivity contribution is -0.115. The second-order valence-corrected chi connectivity index (χ2v) is 8.13. The van der Waals surface area contributed by atoms with Gasteiger partial charge in [-0.15, -0.1) is 23.5 Å². The number of anilines is 1. The number of rotatable bonds is 4. The second-order valence-electron chi connectivity index (χ2n) is 5.40. The van der Waals surface area contributed by atoms with Gasteiger partial charge in [0.05, 0.1) is 11.0 Å². The Bertz CT molecular complexity index is 669. The molecule has 3 rings (SSSR count). The summed E-state index contributed by atoms with van der Waals surface area (Å²) in [6.07, 6.45) is 1.51. The van der Waals surface area contributed by atoms with Crippen LogP contribution in [-0.4, -0.2) is 17.4 Å². The fourth-order valence-electron chi connectivity index (χ4n) is 2.44. The third-order valence-electron chi connectivity index (χ3n) is 3.55. The number of hydrogen-bond donors (Lipinski definition) is 1. The van der Waals surface area contributed by atoms with E-state index in [1.807, 2.05) is 35.7 Å². The largest absolute Gasteiger partial charge is 0.326 e. The molecule has 0 spiro atoms. The van der Waals surface area contributed by atoms with Gasteiger partial charge in [0.2, 0.25) is 5.91 Å². The smallest absolute Gasteiger partial charge is 0.228 e. The zero-order chi connectivity index (χ0) is 16.1. The molecule has 2 aromatic carbocycles. The Labute approximate surface area is 144 Å². The van der Waals surface area contributed by atoms with Crippen LogP contribution >= 0.6 is 23.5 Å². The number of carbonyl (C=O) groups excluding carboxylic acids is 1. The van der Waals surface area contributed by atoms with Crippen LogP contribution in [0.4, 0.5) is 10.1 Å². The minimum Gasteiger partial charge on any atom is -0.326 e. The zero-order valence-corrected chi connectivity index (χ0v) is 14.3. The Morgan fingerprint density at radius 1 is 1.13 bits per heavy atom. The second kappa shape index (κ2) is 7.88. The van der Waals surface area contributed by atoms with Crippen LogP contribution < -0.4 is 5.32 Å². The average molecular weight is 347 g/mol. The molecular weight excluding hydrogens is 329 g/mol. The van der Waals surface area contributed by atoms with Crippen LogP contribution in [0.25, 0.3) is 0 Å². The highest BCUT2D eigenvalue weighted by molar-refractivity contribution is 8.16. The molecule has 1 aliphatic rings. The molecule has 120 valence electrons. The summed E-state index contributed by atoms with van der Waals surface area (Å²) < 4.78 is 13.3. The van der Waals surface area contributed by atoms with Gasteiger partial charge in [0.15, 0.2) is 0 Å². The van der Waals surface area contributed by atoms with Gasteiger partial charge in [-0.3, -0.25) is 4.79 Å². The van der Waals surface area contributed by atoms with Gasteiger partial charge < -0.3 is 5.32 Å². The van der Waals surface area contributed by atoms with Crippen molar-refractivity contribution in [2.75, 3.05) is 16.8 Å². The fraction of sp³-hybridized carbons (Fsp3) is 0.278. The Kier molecular flexibility index (Phi) is 5.62. The summed E-state index contributed by atoms with van der Waals surface area (Å²) in [5, 5.41) is 2.93. The van der Waals surface area contributed by atoms with E-state index in [1.165, 1.54) is 35.6 Å². The van der Waals surface area contributed by atoms with E-state index >= 15 is 0 Å². The van der Waals surface area contributed by atoms with Crippen molar-refractivity contribution in [2.24, 2.45) is 0 Å². The molecule has 0 unspecified atom stereocenters. The van der Waals surface area contributed by atoms with Crippen LogP contribution in [-0.2, 0) is 11.2 Å². The topological polar surface area (TPSA) is 29.1 Å². The molecule has 0 aliphatic carbocycles. The van der Waals surface area contributed by atoms with E-state index in [2.05, 4.69) is 17.4 Å². The molecule has 0 atom stereocenters. The van der Waals surface area contributed by atoms with Crippen LogP contribution in [0.5, 0.6) is 0 Å².